The fourth-order valence-corrected chi connectivity index (χ4v) is 4.07. The van der Waals surface area contributed by atoms with Gasteiger partial charge >= 0.3 is 0 Å². The number of hydrogen-bond acceptors (Lipinski definition) is 7. The lowest BCUT2D eigenvalue weighted by atomic mass is 10.2. The minimum absolute atomic E-state index is 0.281. The number of nitrogens with zero attached hydrogens (tertiary/aromatic N) is 3. The van der Waals surface area contributed by atoms with Gasteiger partial charge < -0.3 is 4.74 Å². The lowest BCUT2D eigenvalue weighted by Gasteiger charge is -2.05. The number of hydrogen-bond donors (Lipinski definition) is 1. The third kappa shape index (κ3) is 6.17. The van der Waals surface area contributed by atoms with Gasteiger partial charge in [0.15, 0.2) is 4.34 Å². The van der Waals surface area contributed by atoms with Crippen LogP contribution in [0.4, 0.5) is 5.13 Å². The third-order valence-electron chi connectivity index (χ3n) is 3.72. The van der Waals surface area contributed by atoms with E-state index >= 15 is 0 Å². The average molecular weight is 423 g/mol. The minimum Gasteiger partial charge on any atom is -0.493 e. The molecule has 3 aromatic rings. The van der Waals surface area contributed by atoms with Crippen LogP contribution in [0.3, 0.4) is 0 Å². The second-order valence-corrected chi connectivity index (χ2v) is 7.96. The van der Waals surface area contributed by atoms with Crippen molar-refractivity contribution in [1.82, 2.24) is 10.2 Å². The smallest absolute Gasteiger partial charge is 0.250 e. The first-order chi connectivity index (χ1) is 14.2. The summed E-state index contributed by atoms with van der Waals surface area (Å²) in [5.74, 6) is 1.16. The molecule has 0 aliphatic carbocycles. The van der Waals surface area contributed by atoms with Crippen molar-refractivity contribution in [3.63, 3.8) is 0 Å². The highest BCUT2D eigenvalue weighted by molar-refractivity contribution is 8.00. The van der Waals surface area contributed by atoms with E-state index in [1.807, 2.05) is 43.3 Å². The molecule has 1 N–H and O–H groups in total. The maximum absolute atomic E-state index is 12.2. The SMILES string of the molecule is CCOc1ccccc1/C=C/C(=O)Nc1nnc(SCc2ccc(C#N)cc2)s1. The zero-order chi connectivity index (χ0) is 20.5. The summed E-state index contributed by atoms with van der Waals surface area (Å²) in [6.07, 6.45) is 3.16. The van der Waals surface area contributed by atoms with Crippen LogP contribution in [-0.4, -0.2) is 22.7 Å². The topological polar surface area (TPSA) is 87.9 Å². The molecule has 0 bridgehead atoms. The molecule has 0 atom stereocenters. The van der Waals surface area contributed by atoms with Crippen molar-refractivity contribution in [2.45, 2.75) is 17.0 Å². The Morgan fingerprint density at radius 3 is 2.79 bits per heavy atom. The molecule has 1 amide bonds. The van der Waals surface area contributed by atoms with Crippen LogP contribution in [-0.2, 0) is 10.5 Å². The second-order valence-electron chi connectivity index (χ2n) is 5.76. The normalized spacial score (nSPS) is 10.6. The number of carbonyl (C=O) groups is 1. The predicted molar refractivity (Wildman–Crippen MR) is 116 cm³/mol. The van der Waals surface area contributed by atoms with Crippen LogP contribution < -0.4 is 10.1 Å². The van der Waals surface area contributed by atoms with Gasteiger partial charge in [-0.15, -0.1) is 10.2 Å². The standard InChI is InChI=1S/C21H18N4O2S2/c1-2-27-18-6-4-3-5-17(18)11-12-19(26)23-20-24-25-21(29-20)28-14-16-9-7-15(13-22)8-10-16/h3-12H,2,14H2,1H3,(H,23,24,26)/b12-11+. The van der Waals surface area contributed by atoms with Crippen LogP contribution in [0.1, 0.15) is 23.6 Å². The Hall–Kier alpha value is -3.15. The molecule has 2 aromatic carbocycles. The maximum atomic E-state index is 12.2. The molecule has 0 saturated carbocycles. The molecule has 3 rings (SSSR count). The summed E-state index contributed by atoms with van der Waals surface area (Å²) in [5, 5.41) is 20.1. The fourth-order valence-electron chi connectivity index (χ4n) is 2.36. The van der Waals surface area contributed by atoms with Crippen LogP contribution in [0, 0.1) is 11.3 Å². The zero-order valence-electron chi connectivity index (χ0n) is 15.7. The van der Waals surface area contributed by atoms with E-state index in [2.05, 4.69) is 21.6 Å². The maximum Gasteiger partial charge on any atom is 0.250 e. The van der Waals surface area contributed by atoms with E-state index in [4.69, 9.17) is 10.00 Å². The highest BCUT2D eigenvalue weighted by Crippen LogP contribution is 2.28. The summed E-state index contributed by atoms with van der Waals surface area (Å²) in [4.78, 5) is 12.2. The summed E-state index contributed by atoms with van der Waals surface area (Å²) in [6.45, 7) is 2.48. The van der Waals surface area contributed by atoms with Crippen molar-refractivity contribution >= 4 is 40.2 Å². The number of rotatable bonds is 8. The first-order valence-corrected chi connectivity index (χ1v) is 10.6. The van der Waals surface area contributed by atoms with Gasteiger partial charge in [0.05, 0.1) is 18.2 Å². The number of nitriles is 1. The van der Waals surface area contributed by atoms with Crippen LogP contribution in [0.2, 0.25) is 0 Å². The molecule has 0 fully saturated rings. The molecule has 1 aromatic heterocycles. The summed E-state index contributed by atoms with van der Waals surface area (Å²) >= 11 is 2.85. The zero-order valence-corrected chi connectivity index (χ0v) is 17.3. The van der Waals surface area contributed by atoms with Crippen molar-refractivity contribution in [3.8, 4) is 11.8 Å². The van der Waals surface area contributed by atoms with E-state index in [0.717, 1.165) is 21.2 Å². The molecular formula is C21H18N4O2S2. The van der Waals surface area contributed by atoms with E-state index in [0.29, 0.717) is 23.1 Å². The van der Waals surface area contributed by atoms with Gasteiger partial charge in [-0.1, -0.05) is 53.4 Å². The summed E-state index contributed by atoms with van der Waals surface area (Å²) < 4.78 is 6.30. The Morgan fingerprint density at radius 1 is 1.24 bits per heavy atom. The molecule has 8 heteroatoms. The Balaban J connectivity index is 1.54. The third-order valence-corrected chi connectivity index (χ3v) is 5.76. The highest BCUT2D eigenvalue weighted by Gasteiger charge is 2.08. The van der Waals surface area contributed by atoms with Crippen molar-refractivity contribution in [2.24, 2.45) is 0 Å². The molecular weight excluding hydrogens is 404 g/mol. The lowest BCUT2D eigenvalue weighted by Crippen LogP contribution is -2.07. The van der Waals surface area contributed by atoms with Crippen LogP contribution in [0.25, 0.3) is 6.08 Å². The number of nitrogens with one attached hydrogen (secondary N) is 1. The van der Waals surface area contributed by atoms with Gasteiger partial charge in [0.2, 0.25) is 11.0 Å². The highest BCUT2D eigenvalue weighted by atomic mass is 32.2. The van der Waals surface area contributed by atoms with Crippen molar-refractivity contribution in [1.29, 1.82) is 5.26 Å². The molecule has 0 aliphatic rings. The quantitative estimate of drug-likeness (QED) is 0.320. The largest absolute Gasteiger partial charge is 0.493 e. The van der Waals surface area contributed by atoms with Gasteiger partial charge in [-0.05, 0) is 36.8 Å². The molecule has 0 radical (unpaired) electrons. The number of ether oxygens (including phenoxy) is 1. The van der Waals surface area contributed by atoms with Crippen molar-refractivity contribution in [3.05, 3.63) is 71.3 Å². The molecule has 0 spiro atoms. The van der Waals surface area contributed by atoms with Gasteiger partial charge in [-0.3, -0.25) is 10.1 Å². The van der Waals surface area contributed by atoms with Crippen LogP contribution in [0.5, 0.6) is 5.75 Å². The summed E-state index contributed by atoms with van der Waals surface area (Å²) in [6, 6.07) is 17.0. The number of carbonyl (C=O) groups excluding carboxylic acids is 1. The Labute approximate surface area is 177 Å². The van der Waals surface area contributed by atoms with E-state index in [9.17, 15) is 4.79 Å². The van der Waals surface area contributed by atoms with Gasteiger partial charge in [0.25, 0.3) is 0 Å². The number of amides is 1. The molecule has 0 unspecified atom stereocenters. The predicted octanol–water partition coefficient (Wildman–Crippen LogP) is 4.75. The van der Waals surface area contributed by atoms with Crippen LogP contribution >= 0.6 is 23.1 Å². The van der Waals surface area contributed by atoms with E-state index in [1.54, 1.807) is 18.2 Å². The van der Waals surface area contributed by atoms with E-state index < -0.39 is 0 Å². The number of benzene rings is 2. The molecule has 0 aliphatic heterocycles. The molecule has 146 valence electrons. The Bertz CT molecular complexity index is 1040. The lowest BCUT2D eigenvalue weighted by molar-refractivity contribution is -0.111. The fraction of sp³-hybridized carbons (Fsp3) is 0.143. The van der Waals surface area contributed by atoms with Crippen LogP contribution in [0.15, 0.2) is 58.9 Å². The summed E-state index contributed by atoms with van der Waals surface area (Å²) in [7, 11) is 0. The number of aromatic nitrogens is 2. The van der Waals surface area contributed by atoms with Gasteiger partial charge in [-0.25, -0.2) is 0 Å². The van der Waals surface area contributed by atoms with Gasteiger partial charge in [0.1, 0.15) is 5.75 Å². The van der Waals surface area contributed by atoms with Crippen molar-refractivity contribution in [2.75, 3.05) is 11.9 Å². The number of para-hydroxylation sites is 1. The average Bonchev–Trinajstić information content (AvgIpc) is 3.19. The number of anilines is 1. The molecule has 6 nitrogen and oxygen atoms in total. The van der Waals surface area contributed by atoms with E-state index in [-0.39, 0.29) is 5.91 Å². The molecule has 29 heavy (non-hydrogen) atoms. The summed E-state index contributed by atoms with van der Waals surface area (Å²) in [5.41, 5.74) is 2.56. The first kappa shape index (κ1) is 20.6. The Morgan fingerprint density at radius 2 is 2.03 bits per heavy atom. The Kier molecular flexibility index (Phi) is 7.39. The monoisotopic (exact) mass is 422 g/mol. The number of thioether (sulfide) groups is 1. The molecule has 1 heterocycles. The van der Waals surface area contributed by atoms with Gasteiger partial charge in [-0.2, -0.15) is 5.26 Å². The second kappa shape index (κ2) is 10.4. The molecule has 0 saturated heterocycles. The minimum atomic E-state index is -0.281. The first-order valence-electron chi connectivity index (χ1n) is 8.84. The van der Waals surface area contributed by atoms with Crippen molar-refractivity contribution < 1.29 is 9.53 Å². The van der Waals surface area contributed by atoms with Gasteiger partial charge in [0, 0.05) is 17.4 Å². The van der Waals surface area contributed by atoms with E-state index in [1.165, 1.54) is 29.2 Å².